The van der Waals surface area contributed by atoms with Crippen molar-refractivity contribution in [3.05, 3.63) is 17.8 Å². The molecule has 0 saturated carbocycles. The Morgan fingerprint density at radius 2 is 2.54 bits per heavy atom. The minimum Gasteiger partial charge on any atom is -0.448 e. The van der Waals surface area contributed by atoms with Crippen molar-refractivity contribution in [3.63, 3.8) is 0 Å². The van der Waals surface area contributed by atoms with Gasteiger partial charge in [0, 0.05) is 13.1 Å². The van der Waals surface area contributed by atoms with Crippen molar-refractivity contribution in [1.82, 2.24) is 10.3 Å². The highest BCUT2D eigenvalue weighted by atomic mass is 16.3. The van der Waals surface area contributed by atoms with E-state index in [1.54, 1.807) is 0 Å². The highest BCUT2D eigenvalue weighted by Gasteiger charge is 2.06. The van der Waals surface area contributed by atoms with Crippen molar-refractivity contribution in [2.75, 3.05) is 13.1 Å². The van der Waals surface area contributed by atoms with Gasteiger partial charge in [-0.25, -0.2) is 4.98 Å². The predicted octanol–water partition coefficient (Wildman–Crippen LogP) is -0.400. The van der Waals surface area contributed by atoms with E-state index in [0.717, 1.165) is 5.69 Å². The van der Waals surface area contributed by atoms with Crippen molar-refractivity contribution in [2.45, 2.75) is 13.3 Å². The molecule has 5 nitrogen and oxygen atoms in total. The van der Waals surface area contributed by atoms with Crippen molar-refractivity contribution in [3.8, 4) is 0 Å². The van der Waals surface area contributed by atoms with Gasteiger partial charge in [0.05, 0.1) is 5.69 Å². The van der Waals surface area contributed by atoms with Crippen molar-refractivity contribution in [1.29, 1.82) is 0 Å². The lowest BCUT2D eigenvalue weighted by Gasteiger charge is -1.99. The molecule has 1 aromatic heterocycles. The average molecular weight is 183 g/mol. The van der Waals surface area contributed by atoms with E-state index in [-0.39, 0.29) is 12.3 Å². The molecule has 72 valence electrons. The van der Waals surface area contributed by atoms with Gasteiger partial charge in [0.2, 0.25) is 11.8 Å². The summed E-state index contributed by atoms with van der Waals surface area (Å²) in [6.45, 7) is 2.74. The van der Waals surface area contributed by atoms with E-state index in [4.69, 9.17) is 10.2 Å². The van der Waals surface area contributed by atoms with Gasteiger partial charge < -0.3 is 15.5 Å². The summed E-state index contributed by atoms with van der Waals surface area (Å²) < 4.78 is 5.01. The fourth-order valence-electron chi connectivity index (χ4n) is 0.895. The minimum atomic E-state index is -0.118. The Bertz CT molecular complexity index is 283. The molecule has 0 unspecified atom stereocenters. The number of nitrogens with zero attached hydrogens (tertiary/aromatic N) is 1. The van der Waals surface area contributed by atoms with E-state index >= 15 is 0 Å². The molecule has 5 heteroatoms. The lowest BCUT2D eigenvalue weighted by molar-refractivity contribution is -0.120. The third kappa shape index (κ3) is 3.25. The first-order valence-corrected chi connectivity index (χ1v) is 4.10. The molecule has 1 heterocycles. The maximum Gasteiger partial charge on any atom is 0.229 e. The van der Waals surface area contributed by atoms with Crippen LogP contribution in [0.25, 0.3) is 0 Å². The molecule has 13 heavy (non-hydrogen) atoms. The van der Waals surface area contributed by atoms with Gasteiger partial charge in [-0.05, 0) is 6.92 Å². The molecule has 1 aromatic rings. The van der Waals surface area contributed by atoms with E-state index in [9.17, 15) is 4.79 Å². The summed E-state index contributed by atoms with van der Waals surface area (Å²) in [6, 6.07) is 0. The normalized spacial score (nSPS) is 10.0. The second-order valence-electron chi connectivity index (χ2n) is 2.70. The van der Waals surface area contributed by atoms with Gasteiger partial charge in [-0.15, -0.1) is 0 Å². The summed E-state index contributed by atoms with van der Waals surface area (Å²) in [5.41, 5.74) is 6.00. The predicted molar refractivity (Wildman–Crippen MR) is 47.0 cm³/mol. The van der Waals surface area contributed by atoms with Crippen LogP contribution in [0.5, 0.6) is 0 Å². The van der Waals surface area contributed by atoms with Crippen LogP contribution in [0.2, 0.25) is 0 Å². The third-order valence-corrected chi connectivity index (χ3v) is 1.44. The standard InChI is InChI=1S/C8H13N3O2/c1-6-5-13-8(11-6)4-7(12)10-3-2-9/h5H,2-4,9H2,1H3,(H,10,12). The van der Waals surface area contributed by atoms with Crippen LogP contribution in [0, 0.1) is 6.92 Å². The lowest BCUT2D eigenvalue weighted by Crippen LogP contribution is -2.30. The molecule has 0 spiro atoms. The van der Waals surface area contributed by atoms with Crippen LogP contribution in [0.1, 0.15) is 11.6 Å². The molecule has 0 aromatic carbocycles. The van der Waals surface area contributed by atoms with Crippen molar-refractivity contribution < 1.29 is 9.21 Å². The summed E-state index contributed by atoms with van der Waals surface area (Å²) in [7, 11) is 0. The van der Waals surface area contributed by atoms with Crippen LogP contribution in [-0.2, 0) is 11.2 Å². The van der Waals surface area contributed by atoms with Crippen LogP contribution >= 0.6 is 0 Å². The number of aromatic nitrogens is 1. The van der Waals surface area contributed by atoms with Crippen molar-refractivity contribution in [2.24, 2.45) is 5.73 Å². The molecule has 0 bridgehead atoms. The van der Waals surface area contributed by atoms with E-state index in [0.29, 0.717) is 19.0 Å². The number of hydrogen-bond acceptors (Lipinski definition) is 4. The Kier molecular flexibility index (Phi) is 3.45. The molecule has 0 aliphatic rings. The third-order valence-electron chi connectivity index (χ3n) is 1.44. The first-order chi connectivity index (χ1) is 6.22. The molecule has 0 radical (unpaired) electrons. The number of carbonyl (C=O) groups is 1. The van der Waals surface area contributed by atoms with E-state index in [1.807, 2.05) is 6.92 Å². The molecule has 1 rings (SSSR count). The largest absolute Gasteiger partial charge is 0.448 e. The SMILES string of the molecule is Cc1coc(CC(=O)NCCN)n1. The number of nitrogens with two attached hydrogens (primary N) is 1. The quantitative estimate of drug-likeness (QED) is 0.665. The highest BCUT2D eigenvalue weighted by molar-refractivity contribution is 5.77. The zero-order valence-electron chi connectivity index (χ0n) is 7.54. The number of rotatable bonds is 4. The van der Waals surface area contributed by atoms with Gasteiger partial charge in [-0.1, -0.05) is 0 Å². The summed E-state index contributed by atoms with van der Waals surface area (Å²) in [4.78, 5) is 15.1. The van der Waals surface area contributed by atoms with Crippen LogP contribution in [0.15, 0.2) is 10.7 Å². The summed E-state index contributed by atoms with van der Waals surface area (Å²) in [6.07, 6.45) is 1.69. The van der Waals surface area contributed by atoms with Crippen LogP contribution in [0.4, 0.5) is 0 Å². The van der Waals surface area contributed by atoms with Crippen molar-refractivity contribution >= 4 is 5.91 Å². The Morgan fingerprint density at radius 1 is 1.77 bits per heavy atom. The molecule has 0 aliphatic heterocycles. The second-order valence-corrected chi connectivity index (χ2v) is 2.70. The number of carbonyl (C=O) groups excluding carboxylic acids is 1. The Balaban J connectivity index is 2.36. The van der Waals surface area contributed by atoms with Gasteiger partial charge in [0.1, 0.15) is 12.7 Å². The summed E-state index contributed by atoms with van der Waals surface area (Å²) in [5.74, 6) is 0.319. The lowest BCUT2D eigenvalue weighted by atomic mass is 10.4. The van der Waals surface area contributed by atoms with Gasteiger partial charge in [0.15, 0.2) is 0 Å². The van der Waals surface area contributed by atoms with Gasteiger partial charge in [-0.2, -0.15) is 0 Å². The van der Waals surface area contributed by atoms with Gasteiger partial charge in [-0.3, -0.25) is 4.79 Å². The molecular weight excluding hydrogens is 170 g/mol. The molecule has 1 amide bonds. The Hall–Kier alpha value is -1.36. The smallest absolute Gasteiger partial charge is 0.229 e. The molecule has 3 N–H and O–H groups in total. The average Bonchev–Trinajstić information content (AvgIpc) is 2.48. The number of nitrogens with one attached hydrogen (secondary N) is 1. The maximum absolute atomic E-state index is 11.1. The topological polar surface area (TPSA) is 81.2 Å². The highest BCUT2D eigenvalue weighted by Crippen LogP contribution is 2.00. The van der Waals surface area contributed by atoms with Crippen LogP contribution < -0.4 is 11.1 Å². The molecule has 0 atom stereocenters. The van der Waals surface area contributed by atoms with Gasteiger partial charge >= 0.3 is 0 Å². The second kappa shape index (κ2) is 4.61. The van der Waals surface area contributed by atoms with Gasteiger partial charge in [0.25, 0.3) is 0 Å². The molecule has 0 saturated heterocycles. The zero-order chi connectivity index (χ0) is 9.68. The minimum absolute atomic E-state index is 0.118. The fourth-order valence-corrected chi connectivity index (χ4v) is 0.895. The van der Waals surface area contributed by atoms with Crippen LogP contribution in [0.3, 0.4) is 0 Å². The van der Waals surface area contributed by atoms with E-state index in [2.05, 4.69) is 10.3 Å². The monoisotopic (exact) mass is 183 g/mol. The number of aryl methyl sites for hydroxylation is 1. The van der Waals surface area contributed by atoms with Crippen LogP contribution in [-0.4, -0.2) is 24.0 Å². The maximum atomic E-state index is 11.1. The fraction of sp³-hybridized carbons (Fsp3) is 0.500. The number of oxazole rings is 1. The number of amides is 1. The summed E-state index contributed by atoms with van der Waals surface area (Å²) >= 11 is 0. The first-order valence-electron chi connectivity index (χ1n) is 4.10. The molecular formula is C8H13N3O2. The molecule has 0 fully saturated rings. The summed E-state index contributed by atoms with van der Waals surface area (Å²) in [5, 5.41) is 2.63. The zero-order valence-corrected chi connectivity index (χ0v) is 7.54. The first kappa shape index (κ1) is 9.73. The Morgan fingerprint density at radius 3 is 3.08 bits per heavy atom. The van der Waals surface area contributed by atoms with E-state index in [1.165, 1.54) is 6.26 Å². The molecule has 0 aliphatic carbocycles. The number of hydrogen-bond donors (Lipinski definition) is 2. The Labute approximate surface area is 76.3 Å². The van der Waals surface area contributed by atoms with E-state index < -0.39 is 0 Å².